The smallest absolute Gasteiger partial charge is 0.315 e. The van der Waals surface area contributed by atoms with Gasteiger partial charge in [0, 0.05) is 29.3 Å². The molecule has 3 atom stereocenters. The second-order valence-electron chi connectivity index (χ2n) is 9.31. The molecule has 0 saturated heterocycles. The van der Waals surface area contributed by atoms with Crippen molar-refractivity contribution in [3.63, 3.8) is 0 Å². The van der Waals surface area contributed by atoms with Crippen LogP contribution in [0.2, 0.25) is 0 Å². The number of aliphatic imine (C=N–C) groups is 1. The molecule has 1 heterocycles. The maximum atomic E-state index is 13.7. The second kappa shape index (κ2) is 11.1. The molecule has 2 aliphatic rings. The normalized spacial score (nSPS) is 21.2. The third-order valence-corrected chi connectivity index (χ3v) is 7.03. The highest BCUT2D eigenvalue weighted by Crippen LogP contribution is 2.48. The lowest BCUT2D eigenvalue weighted by atomic mass is 9.69. The van der Waals surface area contributed by atoms with E-state index in [0.717, 1.165) is 5.56 Å². The molecule has 0 saturated carbocycles. The van der Waals surface area contributed by atoms with E-state index in [-0.39, 0.29) is 30.5 Å². The first-order valence-corrected chi connectivity index (χ1v) is 12.4. The molecule has 4 rings (SSSR count). The van der Waals surface area contributed by atoms with E-state index in [0.29, 0.717) is 52.6 Å². The Kier molecular flexibility index (Phi) is 7.86. The number of hydrogen-bond donors (Lipinski definition) is 1. The van der Waals surface area contributed by atoms with Crippen molar-refractivity contribution in [2.75, 3.05) is 27.9 Å². The first-order valence-electron chi connectivity index (χ1n) is 12.4. The van der Waals surface area contributed by atoms with E-state index in [1.807, 2.05) is 25.1 Å². The highest BCUT2D eigenvalue weighted by molar-refractivity contribution is 6.09. The van der Waals surface area contributed by atoms with Crippen LogP contribution < -0.4 is 14.2 Å². The maximum Gasteiger partial charge on any atom is 0.315 e. The third kappa shape index (κ3) is 5.05. The summed E-state index contributed by atoms with van der Waals surface area (Å²) in [6.45, 7) is 4.00. The van der Waals surface area contributed by atoms with Gasteiger partial charge in [-0.3, -0.25) is 14.6 Å². The number of carbonyl (C=O) groups is 2. The quantitative estimate of drug-likeness (QED) is 0.505. The Bertz CT molecular complexity index is 1260. The first kappa shape index (κ1) is 26.3. The molecule has 1 aliphatic heterocycles. The van der Waals surface area contributed by atoms with Crippen molar-refractivity contribution < 1.29 is 33.6 Å². The van der Waals surface area contributed by atoms with Gasteiger partial charge in [0.1, 0.15) is 5.92 Å². The maximum absolute atomic E-state index is 13.7. The molecule has 0 amide bonds. The average Bonchev–Trinajstić information content (AvgIpc) is 2.90. The third-order valence-electron chi connectivity index (χ3n) is 7.03. The number of allylic oxidation sites excluding steroid dienone is 2. The van der Waals surface area contributed by atoms with Crippen molar-refractivity contribution in [3.05, 3.63) is 58.8 Å². The molecule has 0 spiro atoms. The molecule has 8 nitrogen and oxygen atoms in total. The van der Waals surface area contributed by atoms with Gasteiger partial charge in [0.15, 0.2) is 28.8 Å². The number of carbonyl (C=O) groups excluding carboxylic acids is 2. The number of Topliss-reactive ketones (excluding diaryl/α,β-unsaturated/α-hetero) is 1. The number of rotatable bonds is 8. The molecule has 2 aromatic rings. The van der Waals surface area contributed by atoms with Crippen LogP contribution in [0.5, 0.6) is 23.0 Å². The van der Waals surface area contributed by atoms with E-state index in [1.165, 1.54) is 7.11 Å². The number of phenols is 1. The van der Waals surface area contributed by atoms with Crippen molar-refractivity contribution in [2.24, 2.45) is 10.9 Å². The number of methoxy groups -OCH3 is 3. The van der Waals surface area contributed by atoms with Crippen molar-refractivity contribution in [3.8, 4) is 23.0 Å². The molecular formula is C29H33NO7. The van der Waals surface area contributed by atoms with Crippen LogP contribution in [0.25, 0.3) is 0 Å². The number of benzene rings is 2. The predicted molar refractivity (Wildman–Crippen MR) is 139 cm³/mol. The molecule has 0 fully saturated rings. The van der Waals surface area contributed by atoms with Crippen molar-refractivity contribution in [2.45, 2.75) is 44.9 Å². The van der Waals surface area contributed by atoms with Gasteiger partial charge in [0.2, 0.25) is 0 Å². The van der Waals surface area contributed by atoms with E-state index in [9.17, 15) is 14.7 Å². The SMILES string of the molecule is CCCOC(=O)C1C(C)=NC2=C(C(=O)C[C@@H](c3ccc(OC)c(OC)c3)C2)[C@H]1c1ccc(OC)c(O)c1. The van der Waals surface area contributed by atoms with E-state index in [1.54, 1.807) is 39.3 Å². The van der Waals surface area contributed by atoms with E-state index in [4.69, 9.17) is 23.9 Å². The second-order valence-corrected chi connectivity index (χ2v) is 9.31. The van der Waals surface area contributed by atoms with Gasteiger partial charge in [-0.1, -0.05) is 19.1 Å². The summed E-state index contributed by atoms with van der Waals surface area (Å²) in [5, 5.41) is 10.5. The molecule has 0 aromatic heterocycles. The van der Waals surface area contributed by atoms with Crippen LogP contribution in [0.3, 0.4) is 0 Å². The fraction of sp³-hybridized carbons (Fsp3) is 0.414. The number of esters is 1. The zero-order valence-corrected chi connectivity index (χ0v) is 21.9. The highest BCUT2D eigenvalue weighted by atomic mass is 16.5. The van der Waals surface area contributed by atoms with Gasteiger partial charge in [0.25, 0.3) is 0 Å². The van der Waals surface area contributed by atoms with Crippen molar-refractivity contribution >= 4 is 17.5 Å². The fourth-order valence-corrected chi connectivity index (χ4v) is 5.26. The largest absolute Gasteiger partial charge is 0.504 e. The van der Waals surface area contributed by atoms with Crippen molar-refractivity contribution in [1.82, 2.24) is 0 Å². The molecule has 8 heteroatoms. The Morgan fingerprint density at radius 1 is 0.973 bits per heavy atom. The molecule has 0 radical (unpaired) electrons. The molecule has 1 N–H and O–H groups in total. The standard InChI is InChI=1S/C29H33NO7/c1-6-11-37-29(33)26-16(2)30-20-12-19(17-7-10-24(35-4)25(15-17)36-5)14-22(32)28(20)27(26)18-8-9-23(34-3)21(31)13-18/h7-10,13,15,19,26-27,31H,6,11-12,14H2,1-5H3/t19-,26?,27-/m0/s1. The van der Waals surface area contributed by atoms with Gasteiger partial charge in [0.05, 0.1) is 27.9 Å². The zero-order chi connectivity index (χ0) is 26.7. The monoisotopic (exact) mass is 507 g/mol. The first-order chi connectivity index (χ1) is 17.8. The summed E-state index contributed by atoms with van der Waals surface area (Å²) in [5.41, 5.74) is 3.34. The van der Waals surface area contributed by atoms with Crippen LogP contribution in [0.1, 0.15) is 56.1 Å². The van der Waals surface area contributed by atoms with Gasteiger partial charge in [-0.25, -0.2) is 0 Å². The summed E-state index contributed by atoms with van der Waals surface area (Å²) in [6, 6.07) is 10.6. The predicted octanol–water partition coefficient (Wildman–Crippen LogP) is 4.95. The van der Waals surface area contributed by atoms with Gasteiger partial charge >= 0.3 is 5.97 Å². The lowest BCUT2D eigenvalue weighted by Crippen LogP contribution is -2.38. The summed E-state index contributed by atoms with van der Waals surface area (Å²) in [7, 11) is 4.63. The summed E-state index contributed by atoms with van der Waals surface area (Å²) in [5.74, 6) is -0.519. The molecule has 1 unspecified atom stereocenters. The van der Waals surface area contributed by atoms with E-state index >= 15 is 0 Å². The summed E-state index contributed by atoms with van der Waals surface area (Å²) < 4.78 is 21.5. The topological polar surface area (TPSA) is 104 Å². The minimum absolute atomic E-state index is 0.0607. The summed E-state index contributed by atoms with van der Waals surface area (Å²) in [6.07, 6.45) is 1.48. The molecule has 2 aromatic carbocycles. The van der Waals surface area contributed by atoms with Crippen LogP contribution in [0.4, 0.5) is 0 Å². The Hall–Kier alpha value is -3.81. The molecule has 37 heavy (non-hydrogen) atoms. The molecule has 0 bridgehead atoms. The Morgan fingerprint density at radius 2 is 1.65 bits per heavy atom. The molecule has 1 aliphatic carbocycles. The number of nitrogens with zero attached hydrogens (tertiary/aromatic N) is 1. The number of ether oxygens (including phenoxy) is 4. The highest BCUT2D eigenvalue weighted by Gasteiger charge is 2.45. The van der Waals surface area contributed by atoms with Crippen molar-refractivity contribution in [1.29, 1.82) is 0 Å². The van der Waals surface area contributed by atoms with E-state index in [2.05, 4.69) is 0 Å². The minimum Gasteiger partial charge on any atom is -0.504 e. The number of phenolic OH excluding ortho intramolecular Hbond substituents is 1. The Labute approximate surface area is 216 Å². The summed E-state index contributed by atoms with van der Waals surface area (Å²) >= 11 is 0. The number of aromatic hydroxyl groups is 1. The number of hydrogen-bond acceptors (Lipinski definition) is 8. The van der Waals surface area contributed by atoms with Crippen LogP contribution in [0, 0.1) is 5.92 Å². The Balaban J connectivity index is 1.78. The van der Waals surface area contributed by atoms with Gasteiger partial charge in [-0.2, -0.15) is 0 Å². The van der Waals surface area contributed by atoms with Crippen LogP contribution in [0.15, 0.2) is 52.7 Å². The lowest BCUT2D eigenvalue weighted by molar-refractivity contribution is -0.146. The average molecular weight is 508 g/mol. The zero-order valence-electron chi connectivity index (χ0n) is 21.9. The number of ketones is 1. The van der Waals surface area contributed by atoms with Crippen LogP contribution >= 0.6 is 0 Å². The Morgan fingerprint density at radius 3 is 2.30 bits per heavy atom. The van der Waals surface area contributed by atoms with Crippen LogP contribution in [-0.4, -0.2) is 50.5 Å². The van der Waals surface area contributed by atoms with Crippen LogP contribution in [-0.2, 0) is 14.3 Å². The lowest BCUT2D eigenvalue weighted by Gasteiger charge is -2.36. The van der Waals surface area contributed by atoms with Gasteiger partial charge < -0.3 is 24.1 Å². The molecule has 196 valence electrons. The summed E-state index contributed by atoms with van der Waals surface area (Å²) in [4.78, 5) is 31.7. The van der Waals surface area contributed by atoms with Gasteiger partial charge in [-0.15, -0.1) is 0 Å². The van der Waals surface area contributed by atoms with Gasteiger partial charge in [-0.05, 0) is 61.1 Å². The molecular weight excluding hydrogens is 474 g/mol. The fourth-order valence-electron chi connectivity index (χ4n) is 5.26. The van der Waals surface area contributed by atoms with E-state index < -0.39 is 17.8 Å². The minimum atomic E-state index is -0.764.